The van der Waals surface area contributed by atoms with Gasteiger partial charge in [-0.05, 0) is 74.0 Å². The predicted octanol–water partition coefficient (Wildman–Crippen LogP) is 3.40. The van der Waals surface area contributed by atoms with Gasteiger partial charge >= 0.3 is 6.09 Å². The van der Waals surface area contributed by atoms with Gasteiger partial charge in [-0.1, -0.05) is 35.9 Å². The van der Waals surface area contributed by atoms with E-state index in [1.165, 1.54) is 13.5 Å². The molecule has 1 unspecified atom stereocenters. The molecule has 1 heterocycles. The van der Waals surface area contributed by atoms with Gasteiger partial charge in [-0.3, -0.25) is 4.79 Å². The van der Waals surface area contributed by atoms with Crippen LogP contribution in [0.5, 0.6) is 0 Å². The van der Waals surface area contributed by atoms with Crippen molar-refractivity contribution in [1.29, 1.82) is 0 Å². The number of aliphatic hydroxyl groups is 1. The number of methoxy groups -OCH3 is 1. The number of ether oxygens (including phenoxy) is 2. The Morgan fingerprint density at radius 2 is 1.92 bits per heavy atom. The standard InChI is InChI=1S/C23H29ClN2O2.C4H9NO3/c1-25-22(14-19-7-4-10-28-16-19)15-26-23(27)20-8-2-5-17(12-20)11-18-6-3-9-21(24)13-18;1-8-4(7)5-2-3-6/h2-3,5-6,8-9,12-13,19,22,25H,4,7,10-11,14-16H2,1H3,(H,26,27);6H,2-3H2,1H3,(H,5,7)/t19-,22?;/m0./s1. The van der Waals surface area contributed by atoms with Crippen LogP contribution in [0.4, 0.5) is 4.79 Å². The van der Waals surface area contributed by atoms with Crippen LogP contribution in [-0.4, -0.2) is 70.2 Å². The Kier molecular flexibility index (Phi) is 13.9. The Morgan fingerprint density at radius 1 is 1.17 bits per heavy atom. The SMILES string of the molecule is CNC(CNC(=O)c1cccc(Cc2cccc(Cl)c2)c1)C[C@@H]1CCCOC1.COC(=O)NCCO. The van der Waals surface area contributed by atoms with Gasteiger partial charge in [0.05, 0.1) is 13.7 Å². The van der Waals surface area contributed by atoms with E-state index in [0.29, 0.717) is 18.0 Å². The molecule has 0 bridgehead atoms. The van der Waals surface area contributed by atoms with E-state index in [0.717, 1.165) is 48.6 Å². The van der Waals surface area contributed by atoms with Crippen molar-refractivity contribution in [3.8, 4) is 0 Å². The van der Waals surface area contributed by atoms with Gasteiger partial charge < -0.3 is 30.5 Å². The molecule has 4 N–H and O–H groups in total. The Bertz CT molecular complexity index is 937. The molecule has 0 spiro atoms. The van der Waals surface area contributed by atoms with E-state index in [2.05, 4.69) is 20.7 Å². The largest absolute Gasteiger partial charge is 0.453 e. The molecule has 0 radical (unpaired) electrons. The Hall–Kier alpha value is -2.65. The van der Waals surface area contributed by atoms with Crippen LogP contribution >= 0.6 is 11.6 Å². The Labute approximate surface area is 218 Å². The smallest absolute Gasteiger partial charge is 0.406 e. The van der Waals surface area contributed by atoms with Crippen LogP contribution in [0, 0.1) is 5.92 Å². The van der Waals surface area contributed by atoms with E-state index in [1.807, 2.05) is 55.6 Å². The fourth-order valence-electron chi connectivity index (χ4n) is 3.95. The molecule has 9 heteroatoms. The van der Waals surface area contributed by atoms with E-state index in [1.54, 1.807) is 0 Å². The first kappa shape index (κ1) is 29.6. The van der Waals surface area contributed by atoms with Gasteiger partial charge in [0.2, 0.25) is 0 Å². The second-order valence-corrected chi connectivity index (χ2v) is 9.10. The van der Waals surface area contributed by atoms with Crippen molar-refractivity contribution in [1.82, 2.24) is 16.0 Å². The molecule has 0 aromatic heterocycles. The minimum atomic E-state index is -0.515. The fraction of sp³-hybridized carbons (Fsp3) is 0.481. The van der Waals surface area contributed by atoms with Crippen molar-refractivity contribution >= 4 is 23.6 Å². The molecule has 36 heavy (non-hydrogen) atoms. The summed E-state index contributed by atoms with van der Waals surface area (Å²) in [5.41, 5.74) is 2.92. The topological polar surface area (TPSA) is 109 Å². The third-order valence-corrected chi connectivity index (χ3v) is 6.08. The van der Waals surface area contributed by atoms with E-state index in [9.17, 15) is 9.59 Å². The van der Waals surface area contributed by atoms with Crippen molar-refractivity contribution in [3.63, 3.8) is 0 Å². The maximum Gasteiger partial charge on any atom is 0.406 e. The molecule has 2 atom stereocenters. The molecule has 1 saturated heterocycles. The van der Waals surface area contributed by atoms with E-state index >= 15 is 0 Å². The van der Waals surface area contributed by atoms with Gasteiger partial charge in [-0.25, -0.2) is 4.79 Å². The lowest BCUT2D eigenvalue weighted by Crippen LogP contribution is -2.41. The molecular weight excluding hydrogens is 482 g/mol. The summed E-state index contributed by atoms with van der Waals surface area (Å²) in [6.45, 7) is 2.51. The second kappa shape index (κ2) is 16.9. The van der Waals surface area contributed by atoms with Gasteiger partial charge in [-0.15, -0.1) is 0 Å². The van der Waals surface area contributed by atoms with E-state index < -0.39 is 6.09 Å². The summed E-state index contributed by atoms with van der Waals surface area (Å²) in [5.74, 6) is 0.539. The molecule has 0 aliphatic carbocycles. The van der Waals surface area contributed by atoms with Crippen LogP contribution in [0.2, 0.25) is 5.02 Å². The normalized spacial score (nSPS) is 15.7. The first-order chi connectivity index (χ1) is 17.4. The number of carbonyl (C=O) groups excluding carboxylic acids is 2. The number of amides is 2. The Morgan fingerprint density at radius 3 is 2.56 bits per heavy atom. The number of carbonyl (C=O) groups is 2. The zero-order valence-corrected chi connectivity index (χ0v) is 21.9. The lowest BCUT2D eigenvalue weighted by Gasteiger charge is -2.26. The minimum Gasteiger partial charge on any atom is -0.453 e. The summed E-state index contributed by atoms with van der Waals surface area (Å²) in [6.07, 6.45) is 3.59. The van der Waals surface area contributed by atoms with Gasteiger partial charge in [0.15, 0.2) is 0 Å². The summed E-state index contributed by atoms with van der Waals surface area (Å²) < 4.78 is 9.76. The minimum absolute atomic E-state index is 0.0342. The van der Waals surface area contributed by atoms with Crippen molar-refractivity contribution in [3.05, 3.63) is 70.2 Å². The molecule has 2 aromatic carbocycles. The number of alkyl carbamates (subject to hydrolysis) is 1. The molecule has 1 aliphatic rings. The third kappa shape index (κ3) is 11.4. The van der Waals surface area contributed by atoms with Gasteiger partial charge in [0.25, 0.3) is 5.91 Å². The number of aliphatic hydroxyl groups excluding tert-OH is 1. The monoisotopic (exact) mass is 519 g/mol. The number of rotatable bonds is 10. The Balaban J connectivity index is 0.000000493. The fourth-order valence-corrected chi connectivity index (χ4v) is 4.17. The summed E-state index contributed by atoms with van der Waals surface area (Å²) in [4.78, 5) is 22.8. The number of nitrogens with one attached hydrogen (secondary N) is 3. The second-order valence-electron chi connectivity index (χ2n) is 8.66. The van der Waals surface area contributed by atoms with Crippen molar-refractivity contribution < 1.29 is 24.2 Å². The first-order valence-corrected chi connectivity index (χ1v) is 12.6. The highest BCUT2D eigenvalue weighted by atomic mass is 35.5. The number of halogens is 1. The highest BCUT2D eigenvalue weighted by molar-refractivity contribution is 6.30. The van der Waals surface area contributed by atoms with Crippen LogP contribution in [0.3, 0.4) is 0 Å². The summed E-state index contributed by atoms with van der Waals surface area (Å²) >= 11 is 6.07. The maximum atomic E-state index is 12.6. The number of hydrogen-bond donors (Lipinski definition) is 4. The number of benzene rings is 2. The molecule has 1 fully saturated rings. The quantitative estimate of drug-likeness (QED) is 0.383. The number of hydrogen-bond acceptors (Lipinski definition) is 6. The van der Waals surface area contributed by atoms with Crippen molar-refractivity contribution in [2.45, 2.75) is 31.7 Å². The average molecular weight is 520 g/mol. The average Bonchev–Trinajstić information content (AvgIpc) is 2.90. The lowest BCUT2D eigenvalue weighted by atomic mass is 9.94. The molecule has 1 aliphatic heterocycles. The van der Waals surface area contributed by atoms with Gasteiger partial charge in [0, 0.05) is 42.9 Å². The van der Waals surface area contributed by atoms with Crippen LogP contribution in [0.15, 0.2) is 48.5 Å². The highest BCUT2D eigenvalue weighted by Gasteiger charge is 2.19. The zero-order chi connectivity index (χ0) is 26.2. The van der Waals surface area contributed by atoms with Gasteiger partial charge in [0.1, 0.15) is 0 Å². The summed E-state index contributed by atoms with van der Waals surface area (Å²) in [6, 6.07) is 15.9. The zero-order valence-electron chi connectivity index (χ0n) is 21.1. The van der Waals surface area contributed by atoms with Crippen LogP contribution in [0.1, 0.15) is 40.7 Å². The molecule has 3 rings (SSSR count). The van der Waals surface area contributed by atoms with Crippen molar-refractivity contribution in [2.24, 2.45) is 5.92 Å². The van der Waals surface area contributed by atoms with Crippen LogP contribution < -0.4 is 16.0 Å². The van der Waals surface area contributed by atoms with Crippen LogP contribution in [-0.2, 0) is 15.9 Å². The van der Waals surface area contributed by atoms with E-state index in [4.69, 9.17) is 21.4 Å². The molecule has 198 valence electrons. The third-order valence-electron chi connectivity index (χ3n) is 5.84. The summed E-state index contributed by atoms with van der Waals surface area (Å²) in [7, 11) is 3.22. The highest BCUT2D eigenvalue weighted by Crippen LogP contribution is 2.19. The molecule has 2 aromatic rings. The lowest BCUT2D eigenvalue weighted by molar-refractivity contribution is 0.0478. The molecule has 2 amide bonds. The molecular formula is C27H38ClN3O5. The maximum absolute atomic E-state index is 12.6. The van der Waals surface area contributed by atoms with Crippen LogP contribution in [0.25, 0.3) is 0 Å². The first-order valence-electron chi connectivity index (χ1n) is 12.2. The molecule has 8 nitrogen and oxygen atoms in total. The van der Waals surface area contributed by atoms with Gasteiger partial charge in [-0.2, -0.15) is 0 Å². The van der Waals surface area contributed by atoms with Crippen molar-refractivity contribution in [2.75, 3.05) is 47.1 Å². The van der Waals surface area contributed by atoms with E-state index in [-0.39, 0.29) is 25.1 Å². The molecule has 0 saturated carbocycles. The number of likely N-dealkylation sites (N-methyl/N-ethyl adjacent to an activating group) is 1. The predicted molar refractivity (Wildman–Crippen MR) is 142 cm³/mol. The summed E-state index contributed by atoms with van der Waals surface area (Å²) in [5, 5.41) is 17.5.